The number of fused-ring (bicyclic) bond motifs is 1. The normalized spacial score (nSPS) is 16.6. The summed E-state index contributed by atoms with van der Waals surface area (Å²) < 4.78 is 5.06. The third kappa shape index (κ3) is 3.83. The molecule has 0 amide bonds. The van der Waals surface area contributed by atoms with Crippen LogP contribution in [0.5, 0.6) is 0 Å². The van der Waals surface area contributed by atoms with E-state index in [1.165, 1.54) is 37.0 Å². The van der Waals surface area contributed by atoms with E-state index in [4.69, 9.17) is 4.74 Å². The topological polar surface area (TPSA) is 63.6 Å². The van der Waals surface area contributed by atoms with Crippen molar-refractivity contribution in [3.63, 3.8) is 0 Å². The van der Waals surface area contributed by atoms with E-state index < -0.39 is 0 Å². The van der Waals surface area contributed by atoms with Crippen molar-refractivity contribution in [1.82, 2.24) is 4.98 Å². The number of benzene rings is 1. The molecule has 2 aromatic rings. The fourth-order valence-electron chi connectivity index (χ4n) is 4.02. The number of carbonyl (C=O) groups excluding carboxylic acids is 1. The van der Waals surface area contributed by atoms with Crippen molar-refractivity contribution in [3.8, 4) is 0 Å². The predicted octanol–water partition coefficient (Wildman–Crippen LogP) is 2.36. The summed E-state index contributed by atoms with van der Waals surface area (Å²) in [5.74, 6) is -0.388. The lowest BCUT2D eigenvalue weighted by molar-refractivity contribution is -0.921. The van der Waals surface area contributed by atoms with Crippen molar-refractivity contribution < 1.29 is 14.4 Å². The summed E-state index contributed by atoms with van der Waals surface area (Å²) in [5.41, 5.74) is 2.95. The van der Waals surface area contributed by atoms with Gasteiger partial charge >= 0.3 is 5.97 Å². The third-order valence-corrected chi connectivity index (χ3v) is 5.58. The monoisotopic (exact) mass is 357 g/mol. The van der Waals surface area contributed by atoms with Gasteiger partial charge in [-0.25, -0.2) is 4.79 Å². The molecule has 1 fully saturated rings. The standard InChI is InChI=1S/C21H28N2O3/c1-4-26-21(25)15-10-11-19-17(12-15)20(24)18(14(2)22-19)13-23(3)16-8-6-5-7-9-16/h10-12,16H,4-9,13H2,1-3H3,(H,22,24)/p+1. The van der Waals surface area contributed by atoms with Crippen LogP contribution in [-0.2, 0) is 11.3 Å². The lowest BCUT2D eigenvalue weighted by Crippen LogP contribution is -3.12. The molecule has 26 heavy (non-hydrogen) atoms. The highest BCUT2D eigenvalue weighted by molar-refractivity contribution is 5.94. The molecule has 1 aromatic heterocycles. The van der Waals surface area contributed by atoms with Gasteiger partial charge in [0.1, 0.15) is 6.54 Å². The third-order valence-electron chi connectivity index (χ3n) is 5.58. The van der Waals surface area contributed by atoms with Crippen LogP contribution in [0.3, 0.4) is 0 Å². The van der Waals surface area contributed by atoms with E-state index in [-0.39, 0.29) is 11.4 Å². The number of hydrogen-bond acceptors (Lipinski definition) is 3. The van der Waals surface area contributed by atoms with Gasteiger partial charge in [-0.05, 0) is 57.7 Å². The zero-order chi connectivity index (χ0) is 18.7. The molecule has 1 aromatic carbocycles. The summed E-state index contributed by atoms with van der Waals surface area (Å²) in [4.78, 5) is 29.9. The van der Waals surface area contributed by atoms with Crippen LogP contribution in [0.1, 0.15) is 60.6 Å². The van der Waals surface area contributed by atoms with E-state index in [9.17, 15) is 9.59 Å². The Hall–Kier alpha value is -2.14. The summed E-state index contributed by atoms with van der Waals surface area (Å²) in [6, 6.07) is 5.78. The van der Waals surface area contributed by atoms with Crippen molar-refractivity contribution in [2.24, 2.45) is 0 Å². The fourth-order valence-corrected chi connectivity index (χ4v) is 4.02. The molecular weight excluding hydrogens is 328 g/mol. The van der Waals surface area contributed by atoms with Crippen molar-refractivity contribution in [1.29, 1.82) is 0 Å². The van der Waals surface area contributed by atoms with Crippen LogP contribution >= 0.6 is 0 Å². The molecule has 5 heteroatoms. The first-order chi connectivity index (χ1) is 12.5. The molecule has 1 aliphatic rings. The van der Waals surface area contributed by atoms with Crippen molar-refractivity contribution in [2.75, 3.05) is 13.7 Å². The summed E-state index contributed by atoms with van der Waals surface area (Å²) in [6.45, 7) is 4.77. The highest BCUT2D eigenvalue weighted by Gasteiger charge is 2.23. The number of ether oxygens (including phenoxy) is 1. The number of aromatic nitrogens is 1. The average Bonchev–Trinajstić information content (AvgIpc) is 2.65. The number of carbonyl (C=O) groups is 1. The zero-order valence-electron chi connectivity index (χ0n) is 16.0. The van der Waals surface area contributed by atoms with E-state index in [0.29, 0.717) is 30.1 Å². The Balaban J connectivity index is 1.94. The molecular formula is C21H29N2O3+. The van der Waals surface area contributed by atoms with E-state index in [2.05, 4.69) is 12.0 Å². The summed E-state index contributed by atoms with van der Waals surface area (Å²) in [5, 5.41) is 0.563. The van der Waals surface area contributed by atoms with E-state index in [1.807, 2.05) is 6.92 Å². The first kappa shape index (κ1) is 18.6. The molecule has 140 valence electrons. The minimum Gasteiger partial charge on any atom is -0.462 e. The van der Waals surface area contributed by atoms with Gasteiger partial charge in [0.2, 0.25) is 0 Å². The largest absolute Gasteiger partial charge is 0.462 e. The molecule has 3 rings (SSSR count). The SMILES string of the molecule is CCOC(=O)c1ccc2[nH]c(C)c(C[NH+](C)C3CCCCC3)c(=O)c2c1. The first-order valence-electron chi connectivity index (χ1n) is 9.66. The maximum absolute atomic E-state index is 13.1. The van der Waals surface area contributed by atoms with Gasteiger partial charge in [-0.2, -0.15) is 0 Å². The van der Waals surface area contributed by atoms with Crippen LogP contribution in [0.2, 0.25) is 0 Å². The Morgan fingerprint density at radius 2 is 2.00 bits per heavy atom. The Kier molecular flexibility index (Phi) is 5.77. The second kappa shape index (κ2) is 8.04. The predicted molar refractivity (Wildman–Crippen MR) is 103 cm³/mol. The average molecular weight is 357 g/mol. The number of aromatic amines is 1. The maximum atomic E-state index is 13.1. The minimum absolute atomic E-state index is 0.0255. The second-order valence-corrected chi connectivity index (χ2v) is 7.40. The van der Waals surface area contributed by atoms with Gasteiger partial charge in [0.15, 0.2) is 5.43 Å². The van der Waals surface area contributed by atoms with Crippen molar-refractivity contribution in [2.45, 2.75) is 58.5 Å². The van der Waals surface area contributed by atoms with Crippen LogP contribution < -0.4 is 10.3 Å². The molecule has 1 unspecified atom stereocenters. The van der Waals surface area contributed by atoms with Crippen LogP contribution in [-0.4, -0.2) is 30.6 Å². The minimum atomic E-state index is -0.388. The lowest BCUT2D eigenvalue weighted by atomic mass is 9.94. The molecule has 1 aliphatic carbocycles. The van der Waals surface area contributed by atoms with Gasteiger partial charge < -0.3 is 14.6 Å². The van der Waals surface area contributed by atoms with E-state index >= 15 is 0 Å². The second-order valence-electron chi connectivity index (χ2n) is 7.40. The molecule has 1 saturated carbocycles. The van der Waals surface area contributed by atoms with Crippen LogP contribution in [0.15, 0.2) is 23.0 Å². The number of rotatable bonds is 5. The highest BCUT2D eigenvalue weighted by Crippen LogP contribution is 2.17. The first-order valence-corrected chi connectivity index (χ1v) is 9.66. The Bertz CT molecular complexity index is 850. The molecule has 2 N–H and O–H groups in total. The van der Waals surface area contributed by atoms with Gasteiger partial charge in [0.05, 0.1) is 30.8 Å². The van der Waals surface area contributed by atoms with Crippen LogP contribution in [0, 0.1) is 6.92 Å². The van der Waals surface area contributed by atoms with Gasteiger partial charge in [-0.3, -0.25) is 4.79 Å². The molecule has 0 saturated heterocycles. The van der Waals surface area contributed by atoms with Crippen LogP contribution in [0.4, 0.5) is 0 Å². The van der Waals surface area contributed by atoms with Crippen molar-refractivity contribution in [3.05, 3.63) is 45.2 Å². The van der Waals surface area contributed by atoms with Crippen molar-refractivity contribution >= 4 is 16.9 Å². The highest BCUT2D eigenvalue weighted by atomic mass is 16.5. The van der Waals surface area contributed by atoms with Gasteiger partial charge in [-0.1, -0.05) is 6.42 Å². The van der Waals surface area contributed by atoms with E-state index in [1.54, 1.807) is 25.1 Å². The molecule has 0 bridgehead atoms. The lowest BCUT2D eigenvalue weighted by Gasteiger charge is -2.28. The van der Waals surface area contributed by atoms with Crippen LogP contribution in [0.25, 0.3) is 10.9 Å². The summed E-state index contributed by atoms with van der Waals surface area (Å²) >= 11 is 0. The zero-order valence-corrected chi connectivity index (χ0v) is 16.0. The molecule has 5 nitrogen and oxygen atoms in total. The fraction of sp³-hybridized carbons (Fsp3) is 0.524. The molecule has 1 atom stereocenters. The number of esters is 1. The number of quaternary nitrogens is 1. The smallest absolute Gasteiger partial charge is 0.338 e. The van der Waals surface area contributed by atoms with E-state index in [0.717, 1.165) is 16.8 Å². The molecule has 0 spiro atoms. The molecule has 1 heterocycles. The summed E-state index contributed by atoms with van der Waals surface area (Å²) in [6.07, 6.45) is 6.39. The van der Waals surface area contributed by atoms with Gasteiger partial charge in [-0.15, -0.1) is 0 Å². The Morgan fingerprint density at radius 1 is 1.27 bits per heavy atom. The number of nitrogens with one attached hydrogen (secondary N) is 2. The Labute approximate surface area is 154 Å². The Morgan fingerprint density at radius 3 is 2.69 bits per heavy atom. The van der Waals surface area contributed by atoms with Gasteiger partial charge in [0.25, 0.3) is 0 Å². The quantitative estimate of drug-likeness (QED) is 0.808. The number of hydrogen-bond donors (Lipinski definition) is 2. The number of aryl methyl sites for hydroxylation is 1. The van der Waals surface area contributed by atoms with Gasteiger partial charge in [0, 0.05) is 16.6 Å². The number of H-pyrrole nitrogens is 1. The number of pyridine rings is 1. The maximum Gasteiger partial charge on any atom is 0.338 e. The molecule has 0 radical (unpaired) electrons. The summed E-state index contributed by atoms with van der Waals surface area (Å²) in [7, 11) is 2.19. The molecule has 0 aliphatic heterocycles.